The summed E-state index contributed by atoms with van der Waals surface area (Å²) < 4.78 is 11.3. The molecule has 4 unspecified atom stereocenters. The van der Waals surface area contributed by atoms with E-state index in [0.29, 0.717) is 10.8 Å². The Morgan fingerprint density at radius 2 is 0.763 bits per heavy atom. The average molecular weight is 580 g/mol. The van der Waals surface area contributed by atoms with Crippen molar-refractivity contribution in [3.63, 3.8) is 0 Å². The molecule has 0 aliphatic carbocycles. The summed E-state index contributed by atoms with van der Waals surface area (Å²) in [5, 5.41) is 0.625. The van der Waals surface area contributed by atoms with Crippen molar-refractivity contribution in [2.45, 2.75) is 205 Å². The zero-order valence-corrected chi connectivity index (χ0v) is 27.3. The van der Waals surface area contributed by atoms with Gasteiger partial charge in [0.1, 0.15) is 12.2 Å². The van der Waals surface area contributed by atoms with Gasteiger partial charge >= 0.3 is 6.16 Å². The van der Waals surface area contributed by atoms with Crippen molar-refractivity contribution < 1.29 is 14.3 Å². The molecule has 0 aliphatic heterocycles. The van der Waals surface area contributed by atoms with Crippen molar-refractivity contribution in [3.05, 3.63) is 0 Å². The van der Waals surface area contributed by atoms with Crippen LogP contribution in [0.3, 0.4) is 0 Å². The van der Waals surface area contributed by atoms with Crippen molar-refractivity contribution in [2.24, 2.45) is 0 Å². The molecule has 0 amide bonds. The van der Waals surface area contributed by atoms with Gasteiger partial charge in [-0.1, -0.05) is 118 Å². The summed E-state index contributed by atoms with van der Waals surface area (Å²) in [5.74, 6) is 0. The minimum Gasteiger partial charge on any atom is -0.431 e. The first-order valence-corrected chi connectivity index (χ1v) is 17.5. The van der Waals surface area contributed by atoms with Crippen molar-refractivity contribution in [1.29, 1.82) is 0 Å². The van der Waals surface area contributed by atoms with E-state index < -0.39 is 6.16 Å². The molecule has 38 heavy (non-hydrogen) atoms. The lowest BCUT2D eigenvalue weighted by molar-refractivity contribution is -0.00867. The summed E-state index contributed by atoms with van der Waals surface area (Å²) in [4.78, 5) is 12.4. The van der Waals surface area contributed by atoms with Crippen molar-refractivity contribution in [3.8, 4) is 0 Å². The summed E-state index contributed by atoms with van der Waals surface area (Å²) in [6.07, 6.45) is 27.2. The van der Waals surface area contributed by atoms with Gasteiger partial charge < -0.3 is 9.47 Å². The molecule has 0 heterocycles. The second kappa shape index (κ2) is 28.4. The second-order valence-corrected chi connectivity index (χ2v) is 12.7. The van der Waals surface area contributed by atoms with Gasteiger partial charge in [-0.05, 0) is 64.2 Å². The number of ether oxygens (including phenoxy) is 2. The summed E-state index contributed by atoms with van der Waals surface area (Å²) in [6, 6.07) is 0. The van der Waals surface area contributed by atoms with Crippen LogP contribution in [-0.2, 0) is 9.47 Å². The monoisotopic (exact) mass is 578 g/mol. The predicted molar refractivity (Wildman–Crippen MR) is 168 cm³/mol. The minimum atomic E-state index is -0.489. The molecule has 0 N–H and O–H groups in total. The molecule has 0 aromatic heterocycles. The summed E-state index contributed by atoms with van der Waals surface area (Å²) in [7, 11) is 0. The Kier molecular flexibility index (Phi) is 28.3. The minimum absolute atomic E-state index is 0.0482. The third kappa shape index (κ3) is 24.9. The molecule has 0 aliphatic rings. The Balaban J connectivity index is 3.88. The Morgan fingerprint density at radius 1 is 0.474 bits per heavy atom. The first-order chi connectivity index (χ1) is 18.5. The van der Waals surface area contributed by atoms with Crippen LogP contribution in [0, 0.1) is 0 Å². The predicted octanol–water partition coefficient (Wildman–Crippen LogP) is 12.5. The molecule has 0 radical (unpaired) electrons. The topological polar surface area (TPSA) is 35.5 Å². The van der Waals surface area contributed by atoms with Crippen LogP contribution in [0.1, 0.15) is 182 Å². The maximum atomic E-state index is 12.4. The third-order valence-electron chi connectivity index (χ3n) is 7.77. The zero-order valence-electron chi connectivity index (χ0n) is 25.8. The average Bonchev–Trinajstić information content (AvgIpc) is 2.91. The van der Waals surface area contributed by atoms with Gasteiger partial charge in [0.05, 0.1) is 0 Å². The van der Waals surface area contributed by atoms with E-state index in [2.05, 4.69) is 27.7 Å². The summed E-state index contributed by atoms with van der Waals surface area (Å²) in [5.41, 5.74) is 0. The molecule has 3 nitrogen and oxygen atoms in total. The number of carbonyl (C=O) groups excluding carboxylic acids is 1. The number of unbranched alkanes of at least 4 members (excludes halogenated alkanes) is 12. The lowest BCUT2D eigenvalue weighted by Gasteiger charge is -2.20. The number of hydrogen-bond acceptors (Lipinski definition) is 3. The standard InChI is InChI=1S/C33H64Cl2O3/c1-5-9-11-13-17-23-29(34)25-19-15-21-27-31(7-3)37-33(36)38-32(8-4)28-22-16-20-26-30(35)24-18-14-12-10-6-2/h29-32H,5-28H2,1-4H3. The molecule has 4 atom stereocenters. The van der Waals surface area contributed by atoms with Gasteiger partial charge in [-0.2, -0.15) is 0 Å². The number of carbonyl (C=O) groups is 1. The number of halogens is 2. The van der Waals surface area contributed by atoms with Gasteiger partial charge in [-0.3, -0.25) is 0 Å². The Bertz CT molecular complexity index is 461. The fourth-order valence-corrected chi connectivity index (χ4v) is 5.67. The van der Waals surface area contributed by atoms with Gasteiger partial charge in [-0.25, -0.2) is 4.79 Å². The highest BCUT2D eigenvalue weighted by Crippen LogP contribution is 2.21. The van der Waals surface area contributed by atoms with Gasteiger partial charge in [0.25, 0.3) is 0 Å². The van der Waals surface area contributed by atoms with Gasteiger partial charge in [-0.15, -0.1) is 23.2 Å². The fraction of sp³-hybridized carbons (Fsp3) is 0.970. The summed E-state index contributed by atoms with van der Waals surface area (Å²) >= 11 is 13.0. The van der Waals surface area contributed by atoms with Crippen LogP contribution in [0.2, 0.25) is 0 Å². The van der Waals surface area contributed by atoms with Crippen LogP contribution >= 0.6 is 23.2 Å². The van der Waals surface area contributed by atoms with Crippen LogP contribution in [0.4, 0.5) is 4.79 Å². The van der Waals surface area contributed by atoms with E-state index in [1.807, 2.05) is 0 Å². The molecule has 5 heteroatoms. The lowest BCUT2D eigenvalue weighted by Crippen LogP contribution is -2.23. The van der Waals surface area contributed by atoms with Crippen molar-refractivity contribution >= 4 is 29.4 Å². The molecule has 0 rings (SSSR count). The molecule has 228 valence electrons. The van der Waals surface area contributed by atoms with E-state index in [4.69, 9.17) is 32.7 Å². The fourth-order valence-electron chi connectivity index (χ4n) is 5.05. The molecule has 0 saturated heterocycles. The normalized spacial score (nSPS) is 14.7. The van der Waals surface area contributed by atoms with E-state index in [-0.39, 0.29) is 12.2 Å². The van der Waals surface area contributed by atoms with Crippen LogP contribution < -0.4 is 0 Å². The maximum absolute atomic E-state index is 12.4. The molecule has 0 fully saturated rings. The van der Waals surface area contributed by atoms with E-state index in [1.165, 1.54) is 64.2 Å². The third-order valence-corrected chi connectivity index (χ3v) is 8.64. The Labute approximate surface area is 247 Å². The van der Waals surface area contributed by atoms with Crippen LogP contribution in [0.15, 0.2) is 0 Å². The molecular weight excluding hydrogens is 515 g/mol. The second-order valence-electron chi connectivity index (χ2n) is 11.4. The Hall–Kier alpha value is -0.150. The van der Waals surface area contributed by atoms with Gasteiger partial charge in [0, 0.05) is 10.8 Å². The SMILES string of the molecule is CCCCCCCC(Cl)CCCCCC(CC)OC(=O)OC(CC)CCCCCC(Cl)CCCCCCC. The summed E-state index contributed by atoms with van der Waals surface area (Å²) in [6.45, 7) is 8.66. The molecular formula is C33H64Cl2O3. The highest BCUT2D eigenvalue weighted by Gasteiger charge is 2.18. The highest BCUT2D eigenvalue weighted by molar-refractivity contribution is 6.20. The number of hydrogen-bond donors (Lipinski definition) is 0. The van der Waals surface area contributed by atoms with E-state index in [9.17, 15) is 4.79 Å². The van der Waals surface area contributed by atoms with E-state index in [1.54, 1.807) is 0 Å². The van der Waals surface area contributed by atoms with Gasteiger partial charge in [0.2, 0.25) is 0 Å². The number of alkyl halides is 2. The maximum Gasteiger partial charge on any atom is 0.508 e. The largest absolute Gasteiger partial charge is 0.508 e. The van der Waals surface area contributed by atoms with Crippen LogP contribution in [0.5, 0.6) is 0 Å². The van der Waals surface area contributed by atoms with Gasteiger partial charge in [0.15, 0.2) is 0 Å². The first kappa shape index (κ1) is 37.9. The van der Waals surface area contributed by atoms with Crippen molar-refractivity contribution in [1.82, 2.24) is 0 Å². The van der Waals surface area contributed by atoms with Crippen LogP contribution in [0.25, 0.3) is 0 Å². The molecule has 0 aromatic rings. The van der Waals surface area contributed by atoms with Crippen LogP contribution in [-0.4, -0.2) is 29.1 Å². The van der Waals surface area contributed by atoms with Crippen molar-refractivity contribution in [2.75, 3.05) is 0 Å². The zero-order chi connectivity index (χ0) is 28.3. The smallest absolute Gasteiger partial charge is 0.431 e. The van der Waals surface area contributed by atoms with E-state index in [0.717, 1.165) is 89.9 Å². The molecule has 0 aromatic carbocycles. The molecule has 0 saturated carbocycles. The first-order valence-electron chi connectivity index (χ1n) is 16.6. The highest BCUT2D eigenvalue weighted by atomic mass is 35.5. The van der Waals surface area contributed by atoms with E-state index >= 15 is 0 Å². The number of rotatable bonds is 28. The Morgan fingerprint density at radius 3 is 1.08 bits per heavy atom. The quantitative estimate of drug-likeness (QED) is 0.0525. The lowest BCUT2D eigenvalue weighted by atomic mass is 10.0. The molecule has 0 spiro atoms. The molecule has 0 bridgehead atoms.